The van der Waals surface area contributed by atoms with Crippen molar-refractivity contribution in [1.82, 2.24) is 5.32 Å². The van der Waals surface area contributed by atoms with Crippen LogP contribution in [0.3, 0.4) is 0 Å². The summed E-state index contributed by atoms with van der Waals surface area (Å²) in [5, 5.41) is 5.82. The number of hydrogen-bond acceptors (Lipinski definition) is 3. The first-order valence-electron chi connectivity index (χ1n) is 7.98. The second-order valence-corrected chi connectivity index (χ2v) is 6.01. The highest BCUT2D eigenvalue weighted by Crippen LogP contribution is 2.30. The molecule has 1 aliphatic rings. The molecule has 0 aliphatic heterocycles. The topological polar surface area (TPSA) is 84.2 Å². The summed E-state index contributed by atoms with van der Waals surface area (Å²) in [6.07, 6.45) is 3.55. The number of rotatable bonds is 7. The number of anilines is 1. The smallest absolute Gasteiger partial charge is 0.237 e. The molecule has 2 unspecified atom stereocenters. The highest BCUT2D eigenvalue weighted by molar-refractivity contribution is 5.94. The molecule has 4 N–H and O–H groups in total. The normalized spacial score (nSPS) is 16.0. The van der Waals surface area contributed by atoms with Crippen LogP contribution in [0.15, 0.2) is 24.3 Å². The van der Waals surface area contributed by atoms with Crippen LogP contribution in [0.5, 0.6) is 0 Å². The van der Waals surface area contributed by atoms with E-state index < -0.39 is 6.04 Å². The third-order valence-corrected chi connectivity index (χ3v) is 3.92. The lowest BCUT2D eigenvalue weighted by Crippen LogP contribution is -2.41. The fraction of sp³-hybridized carbons (Fsp3) is 0.529. The van der Waals surface area contributed by atoms with Crippen molar-refractivity contribution in [1.29, 1.82) is 0 Å². The fourth-order valence-corrected chi connectivity index (χ4v) is 2.29. The molecule has 0 radical (unpaired) electrons. The van der Waals surface area contributed by atoms with Gasteiger partial charge in [-0.05, 0) is 43.9 Å². The Kier molecular flexibility index (Phi) is 7.52. The van der Waals surface area contributed by atoms with Gasteiger partial charge in [-0.15, -0.1) is 12.4 Å². The van der Waals surface area contributed by atoms with Crippen molar-refractivity contribution in [3.8, 4) is 0 Å². The molecule has 1 aromatic carbocycles. The summed E-state index contributed by atoms with van der Waals surface area (Å²) in [6.45, 7) is 3.93. The number of nitrogens with one attached hydrogen (secondary N) is 2. The van der Waals surface area contributed by atoms with Gasteiger partial charge >= 0.3 is 0 Å². The number of carbonyl (C=O) groups excluding carboxylic acids is 2. The van der Waals surface area contributed by atoms with E-state index in [4.69, 9.17) is 5.73 Å². The molecule has 0 aromatic heterocycles. The third-order valence-electron chi connectivity index (χ3n) is 3.92. The van der Waals surface area contributed by atoms with E-state index in [0.29, 0.717) is 6.42 Å². The zero-order valence-electron chi connectivity index (χ0n) is 13.7. The minimum Gasteiger partial charge on any atom is -0.348 e. The van der Waals surface area contributed by atoms with Crippen LogP contribution in [0.25, 0.3) is 0 Å². The lowest BCUT2D eigenvalue weighted by Gasteiger charge is -2.18. The van der Waals surface area contributed by atoms with Gasteiger partial charge in [-0.25, -0.2) is 0 Å². The maximum absolute atomic E-state index is 11.9. The van der Waals surface area contributed by atoms with E-state index in [2.05, 4.69) is 10.6 Å². The number of carbonyl (C=O) groups is 2. The van der Waals surface area contributed by atoms with Crippen molar-refractivity contribution in [3.05, 3.63) is 29.8 Å². The minimum absolute atomic E-state index is 0. The summed E-state index contributed by atoms with van der Waals surface area (Å²) < 4.78 is 0. The van der Waals surface area contributed by atoms with Crippen LogP contribution in [0.2, 0.25) is 0 Å². The molecule has 0 saturated heterocycles. The summed E-state index contributed by atoms with van der Waals surface area (Å²) in [4.78, 5) is 23.6. The van der Waals surface area contributed by atoms with Gasteiger partial charge in [0.2, 0.25) is 11.8 Å². The van der Waals surface area contributed by atoms with Crippen molar-refractivity contribution in [2.45, 2.75) is 51.6 Å². The number of benzene rings is 1. The van der Waals surface area contributed by atoms with Gasteiger partial charge < -0.3 is 16.4 Å². The first kappa shape index (κ1) is 19.5. The Labute approximate surface area is 143 Å². The average molecular weight is 340 g/mol. The molecule has 1 saturated carbocycles. The molecule has 0 bridgehead atoms. The fourth-order valence-electron chi connectivity index (χ4n) is 2.29. The predicted octanol–water partition coefficient (Wildman–Crippen LogP) is 2.76. The third kappa shape index (κ3) is 5.84. The monoisotopic (exact) mass is 339 g/mol. The standard InChI is InChI=1S/C17H25N3O2.ClH/c1-3-4-15(18)17(22)19-11(2)12-7-9-14(10-8-12)20-16(21)13-5-6-13;/h7-11,13,15H,3-6,18H2,1-2H3,(H,19,22)(H,20,21);1H. The minimum atomic E-state index is -0.454. The first-order chi connectivity index (χ1) is 10.5. The molecule has 1 fully saturated rings. The van der Waals surface area contributed by atoms with Gasteiger partial charge in [-0.1, -0.05) is 25.5 Å². The van der Waals surface area contributed by atoms with Crippen LogP contribution in [-0.2, 0) is 9.59 Å². The van der Waals surface area contributed by atoms with Crippen LogP contribution in [0.1, 0.15) is 51.1 Å². The molecule has 6 heteroatoms. The molecular weight excluding hydrogens is 314 g/mol. The summed E-state index contributed by atoms with van der Waals surface area (Å²) in [7, 11) is 0. The van der Waals surface area contributed by atoms with Crippen LogP contribution in [-0.4, -0.2) is 17.9 Å². The Morgan fingerprint density at radius 1 is 1.26 bits per heavy atom. The zero-order chi connectivity index (χ0) is 16.1. The molecule has 0 heterocycles. The number of hydrogen-bond donors (Lipinski definition) is 3. The van der Waals surface area contributed by atoms with E-state index >= 15 is 0 Å². The lowest BCUT2D eigenvalue weighted by atomic mass is 10.1. The van der Waals surface area contributed by atoms with E-state index in [-0.39, 0.29) is 36.2 Å². The van der Waals surface area contributed by atoms with Gasteiger partial charge in [0.25, 0.3) is 0 Å². The van der Waals surface area contributed by atoms with Gasteiger partial charge in [0.15, 0.2) is 0 Å². The van der Waals surface area contributed by atoms with E-state index in [1.54, 1.807) is 0 Å². The molecule has 1 aliphatic carbocycles. The first-order valence-corrected chi connectivity index (χ1v) is 7.98. The summed E-state index contributed by atoms with van der Waals surface area (Å²) >= 11 is 0. The molecular formula is C17H26ClN3O2. The van der Waals surface area contributed by atoms with Crippen molar-refractivity contribution >= 4 is 29.9 Å². The Hall–Kier alpha value is -1.59. The maximum atomic E-state index is 11.9. The number of nitrogens with two attached hydrogens (primary N) is 1. The molecule has 5 nitrogen and oxygen atoms in total. The number of amides is 2. The van der Waals surface area contributed by atoms with E-state index in [0.717, 1.165) is 30.5 Å². The number of halogens is 1. The molecule has 2 atom stereocenters. The van der Waals surface area contributed by atoms with E-state index in [1.165, 1.54) is 0 Å². The molecule has 23 heavy (non-hydrogen) atoms. The second kappa shape index (κ2) is 8.89. The predicted molar refractivity (Wildman–Crippen MR) is 94.5 cm³/mol. The van der Waals surface area contributed by atoms with Gasteiger partial charge in [0, 0.05) is 11.6 Å². The van der Waals surface area contributed by atoms with Crippen LogP contribution in [0.4, 0.5) is 5.69 Å². The van der Waals surface area contributed by atoms with Crippen LogP contribution >= 0.6 is 12.4 Å². The maximum Gasteiger partial charge on any atom is 0.237 e. The van der Waals surface area contributed by atoms with Crippen LogP contribution < -0.4 is 16.4 Å². The van der Waals surface area contributed by atoms with Gasteiger partial charge in [-0.3, -0.25) is 9.59 Å². The van der Waals surface area contributed by atoms with Crippen molar-refractivity contribution in [2.75, 3.05) is 5.32 Å². The molecule has 2 rings (SSSR count). The second-order valence-electron chi connectivity index (χ2n) is 6.01. The Bertz CT molecular complexity index is 529. The van der Waals surface area contributed by atoms with Gasteiger partial charge in [0.05, 0.1) is 12.1 Å². The van der Waals surface area contributed by atoms with E-state index in [1.807, 2.05) is 38.1 Å². The summed E-state index contributed by atoms with van der Waals surface area (Å²) in [5.41, 5.74) is 7.59. The highest BCUT2D eigenvalue weighted by Gasteiger charge is 2.29. The van der Waals surface area contributed by atoms with Crippen molar-refractivity contribution in [2.24, 2.45) is 11.7 Å². The Morgan fingerprint density at radius 3 is 2.39 bits per heavy atom. The van der Waals surface area contributed by atoms with Gasteiger partial charge in [-0.2, -0.15) is 0 Å². The summed E-state index contributed by atoms with van der Waals surface area (Å²) in [5.74, 6) is 0.165. The SMILES string of the molecule is CCCC(N)C(=O)NC(C)c1ccc(NC(=O)C2CC2)cc1.Cl. The molecule has 1 aromatic rings. The average Bonchev–Trinajstić information content (AvgIpc) is 3.32. The van der Waals surface area contributed by atoms with E-state index in [9.17, 15) is 9.59 Å². The highest BCUT2D eigenvalue weighted by atomic mass is 35.5. The van der Waals surface area contributed by atoms with Gasteiger partial charge in [0.1, 0.15) is 0 Å². The quantitative estimate of drug-likeness (QED) is 0.714. The molecule has 0 spiro atoms. The largest absolute Gasteiger partial charge is 0.348 e. The molecule has 128 valence electrons. The van der Waals surface area contributed by atoms with Crippen molar-refractivity contribution < 1.29 is 9.59 Å². The Balaban J connectivity index is 0.00000264. The zero-order valence-corrected chi connectivity index (χ0v) is 14.5. The van der Waals surface area contributed by atoms with Crippen LogP contribution in [0, 0.1) is 5.92 Å². The van der Waals surface area contributed by atoms with Crippen molar-refractivity contribution in [3.63, 3.8) is 0 Å². The Morgan fingerprint density at radius 2 is 1.87 bits per heavy atom. The summed E-state index contributed by atoms with van der Waals surface area (Å²) in [6, 6.07) is 7.00. The lowest BCUT2D eigenvalue weighted by molar-refractivity contribution is -0.123. The molecule has 2 amide bonds.